The first-order chi connectivity index (χ1) is 7.95. The van der Waals surface area contributed by atoms with Crippen LogP contribution >= 0.6 is 0 Å². The zero-order valence-electron chi connectivity index (χ0n) is 9.87. The van der Waals surface area contributed by atoms with Gasteiger partial charge in [-0.2, -0.15) is 5.26 Å². The third-order valence-corrected chi connectivity index (χ3v) is 3.65. The van der Waals surface area contributed by atoms with Gasteiger partial charge in [0, 0.05) is 11.5 Å². The molecule has 0 radical (unpaired) electrons. The molecule has 0 amide bonds. The molecule has 0 saturated heterocycles. The average Bonchev–Trinajstić information content (AvgIpc) is 2.30. The number of aliphatic hydroxyl groups excluding tert-OH is 1. The molecule has 2 atom stereocenters. The number of nitrogens with one attached hydrogen (secondary N) is 1. The van der Waals surface area contributed by atoms with Crippen molar-refractivity contribution in [2.24, 2.45) is 5.41 Å². The predicted molar refractivity (Wildman–Crippen MR) is 62.9 cm³/mol. The van der Waals surface area contributed by atoms with Gasteiger partial charge in [-0.1, -0.05) is 13.8 Å². The Kier molecular flexibility index (Phi) is 2.80. The lowest BCUT2D eigenvalue weighted by Crippen LogP contribution is -2.56. The summed E-state index contributed by atoms with van der Waals surface area (Å²) in [4.78, 5) is 0. The minimum absolute atomic E-state index is 0.107. The molecule has 0 aromatic heterocycles. The third kappa shape index (κ3) is 1.98. The van der Waals surface area contributed by atoms with Gasteiger partial charge >= 0.3 is 0 Å². The van der Waals surface area contributed by atoms with Crippen molar-refractivity contribution < 1.29 is 9.50 Å². The maximum atomic E-state index is 13.0. The van der Waals surface area contributed by atoms with Crippen molar-refractivity contribution in [2.45, 2.75) is 32.4 Å². The average molecular weight is 234 g/mol. The number of hydrogen-bond acceptors (Lipinski definition) is 3. The van der Waals surface area contributed by atoms with E-state index in [2.05, 4.69) is 5.32 Å². The molecule has 0 unspecified atom stereocenters. The van der Waals surface area contributed by atoms with Crippen molar-refractivity contribution in [2.75, 3.05) is 5.32 Å². The summed E-state index contributed by atoms with van der Waals surface area (Å²) in [6.45, 7) is 3.93. The number of anilines is 1. The Morgan fingerprint density at radius 2 is 2.24 bits per heavy atom. The first-order valence-corrected chi connectivity index (χ1v) is 5.59. The molecule has 0 bridgehead atoms. The molecule has 1 fully saturated rings. The van der Waals surface area contributed by atoms with Gasteiger partial charge in [0.2, 0.25) is 0 Å². The third-order valence-electron chi connectivity index (χ3n) is 3.65. The molecule has 0 spiro atoms. The molecule has 1 aromatic rings. The largest absolute Gasteiger partial charge is 0.392 e. The van der Waals surface area contributed by atoms with Crippen LogP contribution in [0.5, 0.6) is 0 Å². The molecule has 1 aliphatic carbocycles. The number of nitriles is 1. The summed E-state index contributed by atoms with van der Waals surface area (Å²) < 4.78 is 13.0. The van der Waals surface area contributed by atoms with Gasteiger partial charge in [0.1, 0.15) is 11.9 Å². The molecule has 2 rings (SSSR count). The van der Waals surface area contributed by atoms with Crippen LogP contribution in [-0.2, 0) is 0 Å². The smallest absolute Gasteiger partial charge is 0.124 e. The Labute approximate surface area is 99.9 Å². The van der Waals surface area contributed by atoms with Crippen LogP contribution in [0.4, 0.5) is 10.1 Å². The topological polar surface area (TPSA) is 56.0 Å². The Morgan fingerprint density at radius 1 is 1.53 bits per heavy atom. The highest BCUT2D eigenvalue weighted by molar-refractivity contribution is 5.58. The summed E-state index contributed by atoms with van der Waals surface area (Å²) in [6.07, 6.45) is 0.320. The van der Waals surface area contributed by atoms with E-state index in [1.54, 1.807) is 6.07 Å². The van der Waals surface area contributed by atoms with Gasteiger partial charge in [-0.25, -0.2) is 4.39 Å². The molecular weight excluding hydrogens is 219 g/mol. The first kappa shape index (κ1) is 11.9. The normalized spacial score (nSPS) is 25.8. The highest BCUT2D eigenvalue weighted by atomic mass is 19.1. The molecule has 1 aromatic carbocycles. The number of nitrogens with zero attached hydrogens (tertiary/aromatic N) is 1. The summed E-state index contributed by atoms with van der Waals surface area (Å²) >= 11 is 0. The Bertz CT molecular complexity index is 479. The lowest BCUT2D eigenvalue weighted by atomic mass is 9.64. The van der Waals surface area contributed by atoms with Crippen molar-refractivity contribution in [3.8, 4) is 6.07 Å². The van der Waals surface area contributed by atoms with Gasteiger partial charge in [0.05, 0.1) is 17.4 Å². The summed E-state index contributed by atoms with van der Waals surface area (Å²) in [5, 5.41) is 21.7. The lowest BCUT2D eigenvalue weighted by molar-refractivity contribution is -0.0510. The van der Waals surface area contributed by atoms with E-state index >= 15 is 0 Å². The first-order valence-electron chi connectivity index (χ1n) is 5.59. The van der Waals surface area contributed by atoms with Crippen molar-refractivity contribution in [1.29, 1.82) is 5.26 Å². The number of benzene rings is 1. The SMILES string of the molecule is CC1(C)[C@@H](Nc2ccc(F)cc2C#N)C[C@@H]1O. The molecule has 0 aliphatic heterocycles. The second-order valence-electron chi connectivity index (χ2n) is 5.07. The van der Waals surface area contributed by atoms with Crippen molar-refractivity contribution >= 4 is 5.69 Å². The summed E-state index contributed by atoms with van der Waals surface area (Å²) in [7, 11) is 0. The van der Waals surface area contributed by atoms with Gasteiger partial charge < -0.3 is 10.4 Å². The van der Waals surface area contributed by atoms with Crippen LogP contribution in [-0.4, -0.2) is 17.3 Å². The maximum absolute atomic E-state index is 13.0. The van der Waals surface area contributed by atoms with Gasteiger partial charge in [-0.15, -0.1) is 0 Å². The summed E-state index contributed by atoms with van der Waals surface area (Å²) in [5.41, 5.74) is 0.697. The highest BCUT2D eigenvalue weighted by Gasteiger charge is 2.47. The standard InChI is InChI=1S/C13H15FN2O/c1-13(2)11(6-12(13)17)16-10-4-3-9(14)5-8(10)7-15/h3-5,11-12,16-17H,6H2,1-2H3/t11-,12-/m0/s1. The van der Waals surface area contributed by atoms with E-state index < -0.39 is 5.82 Å². The number of halogens is 1. The van der Waals surface area contributed by atoms with E-state index in [9.17, 15) is 9.50 Å². The zero-order valence-corrected chi connectivity index (χ0v) is 9.87. The number of hydrogen-bond donors (Lipinski definition) is 2. The maximum Gasteiger partial charge on any atom is 0.124 e. The van der Waals surface area contributed by atoms with E-state index in [0.29, 0.717) is 17.7 Å². The van der Waals surface area contributed by atoms with E-state index in [1.807, 2.05) is 19.9 Å². The van der Waals surface area contributed by atoms with Crippen LogP contribution in [0, 0.1) is 22.6 Å². The van der Waals surface area contributed by atoms with Gasteiger partial charge in [0.15, 0.2) is 0 Å². The van der Waals surface area contributed by atoms with Crippen molar-refractivity contribution in [3.05, 3.63) is 29.6 Å². The molecule has 1 aliphatic rings. The van der Waals surface area contributed by atoms with Crippen LogP contribution in [0.25, 0.3) is 0 Å². The van der Waals surface area contributed by atoms with Crippen LogP contribution < -0.4 is 5.32 Å². The molecular formula is C13H15FN2O. The van der Waals surface area contributed by atoms with Crippen LogP contribution in [0.2, 0.25) is 0 Å². The van der Waals surface area contributed by atoms with Gasteiger partial charge in [0.25, 0.3) is 0 Å². The Hall–Kier alpha value is -1.60. The van der Waals surface area contributed by atoms with E-state index in [-0.39, 0.29) is 17.6 Å². The second kappa shape index (κ2) is 4.01. The van der Waals surface area contributed by atoms with Gasteiger partial charge in [-0.05, 0) is 24.6 Å². The molecule has 2 N–H and O–H groups in total. The van der Waals surface area contributed by atoms with Crippen LogP contribution in [0.15, 0.2) is 18.2 Å². The van der Waals surface area contributed by atoms with Crippen molar-refractivity contribution in [1.82, 2.24) is 0 Å². The van der Waals surface area contributed by atoms with Gasteiger partial charge in [-0.3, -0.25) is 0 Å². The quantitative estimate of drug-likeness (QED) is 0.825. The second-order valence-corrected chi connectivity index (χ2v) is 5.07. The zero-order chi connectivity index (χ0) is 12.6. The summed E-state index contributed by atoms with van der Waals surface area (Å²) in [6, 6.07) is 6.17. The van der Waals surface area contributed by atoms with E-state index in [4.69, 9.17) is 5.26 Å². The minimum Gasteiger partial charge on any atom is -0.392 e. The fraction of sp³-hybridized carbons (Fsp3) is 0.462. The molecule has 0 heterocycles. The Morgan fingerprint density at radius 3 is 2.76 bits per heavy atom. The minimum atomic E-state index is -0.417. The molecule has 90 valence electrons. The Balaban J connectivity index is 2.18. The monoisotopic (exact) mass is 234 g/mol. The van der Waals surface area contributed by atoms with E-state index in [1.165, 1.54) is 12.1 Å². The van der Waals surface area contributed by atoms with E-state index in [0.717, 1.165) is 0 Å². The fourth-order valence-electron chi connectivity index (χ4n) is 2.07. The summed E-state index contributed by atoms with van der Waals surface area (Å²) in [5.74, 6) is -0.417. The fourth-order valence-corrected chi connectivity index (χ4v) is 2.07. The van der Waals surface area contributed by atoms with Crippen LogP contribution in [0.1, 0.15) is 25.8 Å². The van der Waals surface area contributed by atoms with Crippen molar-refractivity contribution in [3.63, 3.8) is 0 Å². The predicted octanol–water partition coefficient (Wildman–Crippen LogP) is 2.27. The van der Waals surface area contributed by atoms with Crippen LogP contribution in [0.3, 0.4) is 0 Å². The number of aliphatic hydroxyl groups is 1. The molecule has 17 heavy (non-hydrogen) atoms. The molecule has 4 heteroatoms. The molecule has 1 saturated carbocycles. The number of rotatable bonds is 2. The molecule has 3 nitrogen and oxygen atoms in total. The lowest BCUT2D eigenvalue weighted by Gasteiger charge is -2.50. The highest BCUT2D eigenvalue weighted by Crippen LogP contribution is 2.42.